The van der Waals surface area contributed by atoms with Crippen molar-refractivity contribution in [1.29, 1.82) is 0 Å². The molecular formula is C18H25N5O4. The molecule has 3 N–H and O–H groups in total. The molecule has 1 saturated carbocycles. The first kappa shape index (κ1) is 19.2. The van der Waals surface area contributed by atoms with Gasteiger partial charge in [0, 0.05) is 44.0 Å². The van der Waals surface area contributed by atoms with Gasteiger partial charge in [0.2, 0.25) is 17.7 Å². The third kappa shape index (κ3) is 5.22. The Labute approximate surface area is 157 Å². The van der Waals surface area contributed by atoms with Gasteiger partial charge in [-0.15, -0.1) is 0 Å². The minimum atomic E-state index is -0.764. The summed E-state index contributed by atoms with van der Waals surface area (Å²) in [5, 5.41) is 15.8. The molecule has 0 radical (unpaired) electrons. The zero-order valence-corrected chi connectivity index (χ0v) is 15.1. The Morgan fingerprint density at radius 2 is 2.19 bits per heavy atom. The van der Waals surface area contributed by atoms with E-state index in [2.05, 4.69) is 20.6 Å². The summed E-state index contributed by atoms with van der Waals surface area (Å²) in [4.78, 5) is 46.2. The Kier molecular flexibility index (Phi) is 6.33. The highest BCUT2D eigenvalue weighted by atomic mass is 16.3. The van der Waals surface area contributed by atoms with Gasteiger partial charge in [-0.2, -0.15) is 0 Å². The second-order valence-corrected chi connectivity index (χ2v) is 7.07. The van der Waals surface area contributed by atoms with Crippen molar-refractivity contribution >= 4 is 17.7 Å². The van der Waals surface area contributed by atoms with E-state index in [4.69, 9.17) is 0 Å². The van der Waals surface area contributed by atoms with Crippen LogP contribution in [-0.4, -0.2) is 69.5 Å². The summed E-state index contributed by atoms with van der Waals surface area (Å²) in [5.41, 5.74) is 0.729. The summed E-state index contributed by atoms with van der Waals surface area (Å²) in [7, 11) is 0. The standard InChI is InChI=1S/C18H25N5O4/c24-15-9-12(18(27)23-7-1-4-21-17(26)11-23)8-14(15)22-16(25)3-2-13-10-19-5-6-20-13/h5-6,10,12,14-15,24H,1-4,7-9,11H2,(H,21,26)(H,22,25)/t12-,14-,15-/m0/s1. The van der Waals surface area contributed by atoms with Gasteiger partial charge in [0.25, 0.3) is 0 Å². The average Bonchev–Trinajstić information content (AvgIpc) is 2.88. The average molecular weight is 375 g/mol. The molecule has 1 aliphatic carbocycles. The normalized spacial score (nSPS) is 25.6. The van der Waals surface area contributed by atoms with Gasteiger partial charge in [-0.05, 0) is 25.7 Å². The molecule has 0 unspecified atom stereocenters. The van der Waals surface area contributed by atoms with E-state index < -0.39 is 12.1 Å². The molecule has 1 aromatic rings. The Morgan fingerprint density at radius 3 is 2.96 bits per heavy atom. The predicted molar refractivity (Wildman–Crippen MR) is 95.2 cm³/mol. The fraction of sp³-hybridized carbons (Fsp3) is 0.611. The lowest BCUT2D eigenvalue weighted by Crippen LogP contribution is -2.41. The van der Waals surface area contributed by atoms with Crippen LogP contribution in [0.4, 0.5) is 0 Å². The van der Waals surface area contributed by atoms with Crippen LogP contribution in [-0.2, 0) is 20.8 Å². The number of hydrogen-bond acceptors (Lipinski definition) is 6. The van der Waals surface area contributed by atoms with Gasteiger partial charge >= 0.3 is 0 Å². The van der Waals surface area contributed by atoms with Gasteiger partial charge in [-0.25, -0.2) is 0 Å². The zero-order valence-electron chi connectivity index (χ0n) is 15.1. The lowest BCUT2D eigenvalue weighted by Gasteiger charge is -2.22. The third-order valence-electron chi connectivity index (χ3n) is 5.02. The van der Waals surface area contributed by atoms with E-state index in [1.807, 2.05) is 0 Å². The largest absolute Gasteiger partial charge is 0.391 e. The molecule has 9 heteroatoms. The van der Waals surface area contributed by atoms with Crippen LogP contribution in [0, 0.1) is 5.92 Å². The van der Waals surface area contributed by atoms with Crippen molar-refractivity contribution in [2.45, 2.75) is 44.2 Å². The Balaban J connectivity index is 1.49. The molecular weight excluding hydrogens is 350 g/mol. The molecule has 146 valence electrons. The number of hydrogen-bond donors (Lipinski definition) is 3. The van der Waals surface area contributed by atoms with Crippen LogP contribution in [0.25, 0.3) is 0 Å². The van der Waals surface area contributed by atoms with E-state index in [0.717, 1.165) is 12.1 Å². The molecule has 3 rings (SSSR count). The van der Waals surface area contributed by atoms with Gasteiger partial charge in [0.1, 0.15) is 0 Å². The number of aliphatic hydroxyl groups is 1. The first-order valence-electron chi connectivity index (χ1n) is 9.30. The van der Waals surface area contributed by atoms with Crippen molar-refractivity contribution in [2.24, 2.45) is 5.92 Å². The Hall–Kier alpha value is -2.55. The second kappa shape index (κ2) is 8.90. The fourth-order valence-electron chi connectivity index (χ4n) is 3.60. The number of aromatic nitrogens is 2. The monoisotopic (exact) mass is 375 g/mol. The minimum Gasteiger partial charge on any atom is -0.391 e. The molecule has 1 aromatic heterocycles. The smallest absolute Gasteiger partial charge is 0.239 e. The van der Waals surface area contributed by atoms with Crippen LogP contribution >= 0.6 is 0 Å². The molecule has 2 fully saturated rings. The molecule has 0 bridgehead atoms. The number of aliphatic hydroxyl groups excluding tert-OH is 1. The van der Waals surface area contributed by atoms with Crippen molar-refractivity contribution in [3.8, 4) is 0 Å². The number of rotatable bonds is 5. The van der Waals surface area contributed by atoms with Crippen LogP contribution in [0.5, 0.6) is 0 Å². The van der Waals surface area contributed by atoms with E-state index in [1.165, 1.54) is 0 Å². The molecule has 0 aromatic carbocycles. The topological polar surface area (TPSA) is 125 Å². The number of amides is 3. The van der Waals surface area contributed by atoms with Gasteiger partial charge < -0.3 is 20.6 Å². The summed E-state index contributed by atoms with van der Waals surface area (Å²) in [6.07, 6.45) is 6.11. The van der Waals surface area contributed by atoms with Crippen molar-refractivity contribution in [3.63, 3.8) is 0 Å². The molecule has 1 saturated heterocycles. The summed E-state index contributed by atoms with van der Waals surface area (Å²) in [6, 6.07) is -0.450. The maximum Gasteiger partial charge on any atom is 0.239 e. The van der Waals surface area contributed by atoms with E-state index in [-0.39, 0.29) is 36.6 Å². The van der Waals surface area contributed by atoms with Gasteiger partial charge in [-0.1, -0.05) is 0 Å². The van der Waals surface area contributed by atoms with Crippen molar-refractivity contribution in [1.82, 2.24) is 25.5 Å². The lowest BCUT2D eigenvalue weighted by molar-refractivity contribution is -0.138. The first-order chi connectivity index (χ1) is 13.0. The molecule has 3 amide bonds. The molecule has 27 heavy (non-hydrogen) atoms. The molecule has 9 nitrogen and oxygen atoms in total. The molecule has 2 heterocycles. The molecule has 3 atom stereocenters. The first-order valence-corrected chi connectivity index (χ1v) is 9.30. The highest BCUT2D eigenvalue weighted by Gasteiger charge is 2.39. The quantitative estimate of drug-likeness (QED) is 0.607. The number of carbonyl (C=O) groups is 3. The van der Waals surface area contributed by atoms with Gasteiger partial charge in [-0.3, -0.25) is 24.4 Å². The minimum absolute atomic E-state index is 0.0561. The van der Waals surface area contributed by atoms with Crippen molar-refractivity contribution in [2.75, 3.05) is 19.6 Å². The van der Waals surface area contributed by atoms with Crippen LogP contribution in [0.3, 0.4) is 0 Å². The van der Waals surface area contributed by atoms with Gasteiger partial charge in [0.05, 0.1) is 24.4 Å². The number of carbonyl (C=O) groups excluding carboxylic acids is 3. The van der Waals surface area contributed by atoms with E-state index in [9.17, 15) is 19.5 Å². The van der Waals surface area contributed by atoms with Crippen LogP contribution < -0.4 is 10.6 Å². The maximum absolute atomic E-state index is 12.7. The summed E-state index contributed by atoms with van der Waals surface area (Å²) in [5.74, 6) is -0.848. The summed E-state index contributed by atoms with van der Waals surface area (Å²) >= 11 is 0. The van der Waals surface area contributed by atoms with Crippen LogP contribution in [0.1, 0.15) is 31.4 Å². The Bertz CT molecular complexity index is 684. The summed E-state index contributed by atoms with van der Waals surface area (Å²) < 4.78 is 0. The highest BCUT2D eigenvalue weighted by Crippen LogP contribution is 2.28. The SMILES string of the molecule is O=C1CN(C(=O)[C@H]2C[C@H](NC(=O)CCc3cnccn3)[C@@H](O)C2)CCCN1. The lowest BCUT2D eigenvalue weighted by atomic mass is 10.1. The number of nitrogens with one attached hydrogen (secondary N) is 2. The number of aryl methyl sites for hydroxylation is 1. The van der Waals surface area contributed by atoms with E-state index in [1.54, 1.807) is 23.5 Å². The molecule has 2 aliphatic rings. The molecule has 1 aliphatic heterocycles. The van der Waals surface area contributed by atoms with Crippen LogP contribution in [0.15, 0.2) is 18.6 Å². The third-order valence-corrected chi connectivity index (χ3v) is 5.02. The van der Waals surface area contributed by atoms with Crippen LogP contribution in [0.2, 0.25) is 0 Å². The van der Waals surface area contributed by atoms with Crippen molar-refractivity contribution < 1.29 is 19.5 Å². The van der Waals surface area contributed by atoms with Gasteiger partial charge in [0.15, 0.2) is 0 Å². The number of nitrogens with zero attached hydrogens (tertiary/aromatic N) is 3. The zero-order chi connectivity index (χ0) is 19.2. The predicted octanol–water partition coefficient (Wildman–Crippen LogP) is -0.987. The Morgan fingerprint density at radius 1 is 1.33 bits per heavy atom. The second-order valence-electron chi connectivity index (χ2n) is 7.07. The van der Waals surface area contributed by atoms with E-state index in [0.29, 0.717) is 32.4 Å². The van der Waals surface area contributed by atoms with E-state index >= 15 is 0 Å². The van der Waals surface area contributed by atoms with Crippen molar-refractivity contribution in [3.05, 3.63) is 24.3 Å². The highest BCUT2D eigenvalue weighted by molar-refractivity contribution is 5.86. The summed E-state index contributed by atoms with van der Waals surface area (Å²) in [6.45, 7) is 1.15. The maximum atomic E-state index is 12.7. The molecule has 0 spiro atoms. The fourth-order valence-corrected chi connectivity index (χ4v) is 3.60.